The molecule has 0 radical (unpaired) electrons. The molecule has 1 amide bonds. The van der Waals surface area contributed by atoms with Crippen LogP contribution in [-0.4, -0.2) is 58.4 Å². The fourth-order valence-electron chi connectivity index (χ4n) is 1.81. The fraction of sp³-hybridized carbons (Fsp3) is 0.833. The Labute approximate surface area is 107 Å². The van der Waals surface area contributed by atoms with Crippen LogP contribution in [0.5, 0.6) is 0 Å². The highest BCUT2D eigenvalue weighted by Gasteiger charge is 2.25. The summed E-state index contributed by atoms with van der Waals surface area (Å²) in [6, 6.07) is 0. The molecule has 0 fully saturated rings. The van der Waals surface area contributed by atoms with E-state index in [4.69, 9.17) is 15.3 Å². The Morgan fingerprint density at radius 3 is 2.11 bits per heavy atom. The lowest BCUT2D eigenvalue weighted by Crippen LogP contribution is -2.40. The number of carbonyl (C=O) groups is 2. The zero-order valence-electron chi connectivity index (χ0n) is 10.8. The van der Waals surface area contributed by atoms with Crippen LogP contribution in [0.15, 0.2) is 0 Å². The quantitative estimate of drug-likeness (QED) is 0.517. The third-order valence-corrected chi connectivity index (χ3v) is 2.73. The molecular weight excluding hydrogens is 238 g/mol. The molecule has 1 unspecified atom stereocenters. The van der Waals surface area contributed by atoms with Crippen LogP contribution >= 0.6 is 0 Å². The normalized spacial score (nSPS) is 12.2. The van der Waals surface area contributed by atoms with Gasteiger partial charge in [0.1, 0.15) is 0 Å². The Hall–Kier alpha value is -1.14. The largest absolute Gasteiger partial charge is 0.481 e. The third-order valence-electron chi connectivity index (χ3n) is 2.73. The number of amides is 1. The summed E-state index contributed by atoms with van der Waals surface area (Å²) in [6.45, 7) is 1.84. The minimum atomic E-state index is -1.00. The van der Waals surface area contributed by atoms with Crippen molar-refractivity contribution < 1.29 is 24.9 Å². The zero-order chi connectivity index (χ0) is 14.0. The molecule has 0 aliphatic rings. The summed E-state index contributed by atoms with van der Waals surface area (Å²) in [5.41, 5.74) is 0. The number of hydrogen-bond donors (Lipinski definition) is 3. The van der Waals surface area contributed by atoms with Gasteiger partial charge < -0.3 is 20.2 Å². The molecule has 0 aliphatic carbocycles. The average molecular weight is 261 g/mol. The molecule has 0 rings (SSSR count). The first-order valence-electron chi connectivity index (χ1n) is 6.29. The van der Waals surface area contributed by atoms with E-state index in [2.05, 4.69) is 0 Å². The molecule has 0 aromatic carbocycles. The highest BCUT2D eigenvalue weighted by atomic mass is 16.4. The molecule has 0 aromatic heterocycles. The molecule has 1 atom stereocenters. The van der Waals surface area contributed by atoms with Crippen molar-refractivity contribution in [2.45, 2.75) is 32.6 Å². The highest BCUT2D eigenvalue weighted by molar-refractivity contribution is 5.83. The van der Waals surface area contributed by atoms with E-state index in [1.54, 1.807) is 0 Å². The summed E-state index contributed by atoms with van der Waals surface area (Å²) in [7, 11) is 0. The van der Waals surface area contributed by atoms with Crippen molar-refractivity contribution in [1.29, 1.82) is 0 Å². The van der Waals surface area contributed by atoms with Crippen molar-refractivity contribution in [2.75, 3.05) is 26.3 Å². The van der Waals surface area contributed by atoms with Crippen LogP contribution in [0.2, 0.25) is 0 Å². The first-order valence-corrected chi connectivity index (χ1v) is 6.29. The topological polar surface area (TPSA) is 98.1 Å². The lowest BCUT2D eigenvalue weighted by atomic mass is 9.97. The molecule has 0 saturated carbocycles. The van der Waals surface area contributed by atoms with Gasteiger partial charge in [0, 0.05) is 19.0 Å². The highest BCUT2D eigenvalue weighted by Crippen LogP contribution is 2.16. The summed E-state index contributed by atoms with van der Waals surface area (Å²) in [6.07, 6.45) is 2.00. The van der Waals surface area contributed by atoms with Crippen molar-refractivity contribution in [1.82, 2.24) is 4.90 Å². The van der Waals surface area contributed by atoms with Gasteiger partial charge in [-0.1, -0.05) is 19.8 Å². The van der Waals surface area contributed by atoms with Crippen LogP contribution < -0.4 is 0 Å². The maximum Gasteiger partial charge on any atom is 0.304 e. The third kappa shape index (κ3) is 6.56. The van der Waals surface area contributed by atoms with Crippen molar-refractivity contribution in [3.8, 4) is 0 Å². The van der Waals surface area contributed by atoms with E-state index in [-0.39, 0.29) is 38.6 Å². The Morgan fingerprint density at radius 2 is 1.72 bits per heavy atom. The molecule has 18 heavy (non-hydrogen) atoms. The minimum absolute atomic E-state index is 0.127. The van der Waals surface area contributed by atoms with Crippen molar-refractivity contribution >= 4 is 11.9 Å². The van der Waals surface area contributed by atoms with Gasteiger partial charge in [0.15, 0.2) is 0 Å². The standard InChI is InChI=1S/C12H23NO5/c1-2-3-4-10(9-11(16)17)12(18)13(5-7-14)6-8-15/h10,14-15H,2-9H2,1H3,(H,16,17). The van der Waals surface area contributed by atoms with Gasteiger partial charge in [-0.25, -0.2) is 0 Å². The number of carboxylic acids is 1. The van der Waals surface area contributed by atoms with E-state index in [1.807, 2.05) is 6.92 Å². The van der Waals surface area contributed by atoms with E-state index in [1.165, 1.54) is 4.90 Å². The summed E-state index contributed by atoms with van der Waals surface area (Å²) in [5.74, 6) is -1.87. The number of unbranched alkanes of at least 4 members (excludes halogenated alkanes) is 1. The average Bonchev–Trinajstić information content (AvgIpc) is 2.33. The number of rotatable bonds is 10. The van der Waals surface area contributed by atoms with E-state index < -0.39 is 11.9 Å². The van der Waals surface area contributed by atoms with E-state index >= 15 is 0 Å². The maximum atomic E-state index is 12.1. The van der Waals surface area contributed by atoms with Crippen LogP contribution in [0.1, 0.15) is 32.6 Å². The Morgan fingerprint density at radius 1 is 1.17 bits per heavy atom. The molecule has 6 heteroatoms. The van der Waals surface area contributed by atoms with Gasteiger partial charge in [-0.3, -0.25) is 9.59 Å². The smallest absolute Gasteiger partial charge is 0.304 e. The second-order valence-corrected chi connectivity index (χ2v) is 4.21. The van der Waals surface area contributed by atoms with Gasteiger partial charge in [0.05, 0.1) is 19.6 Å². The predicted molar refractivity (Wildman–Crippen MR) is 66.0 cm³/mol. The fourth-order valence-corrected chi connectivity index (χ4v) is 1.81. The summed E-state index contributed by atoms with van der Waals surface area (Å²) in [4.78, 5) is 24.2. The van der Waals surface area contributed by atoms with Crippen molar-refractivity contribution in [3.63, 3.8) is 0 Å². The number of aliphatic hydroxyl groups excluding tert-OH is 2. The number of aliphatic hydroxyl groups is 2. The molecule has 106 valence electrons. The number of nitrogens with zero attached hydrogens (tertiary/aromatic N) is 1. The molecule has 0 bridgehead atoms. The molecule has 6 nitrogen and oxygen atoms in total. The van der Waals surface area contributed by atoms with Crippen molar-refractivity contribution in [2.24, 2.45) is 5.92 Å². The molecule has 3 N–H and O–H groups in total. The Balaban J connectivity index is 4.60. The van der Waals surface area contributed by atoms with Crippen LogP contribution in [0, 0.1) is 5.92 Å². The first-order chi connectivity index (χ1) is 8.56. The van der Waals surface area contributed by atoms with Gasteiger partial charge in [0.2, 0.25) is 5.91 Å². The van der Waals surface area contributed by atoms with Crippen LogP contribution in [-0.2, 0) is 9.59 Å². The monoisotopic (exact) mass is 261 g/mol. The summed E-state index contributed by atoms with van der Waals surface area (Å²) in [5, 5.41) is 26.5. The van der Waals surface area contributed by atoms with E-state index in [0.717, 1.165) is 12.8 Å². The predicted octanol–water partition coefficient (Wildman–Crippen LogP) is 0.0807. The Bertz CT molecular complexity index is 251. The molecule has 0 saturated heterocycles. The van der Waals surface area contributed by atoms with Gasteiger partial charge in [-0.05, 0) is 6.42 Å². The van der Waals surface area contributed by atoms with Crippen LogP contribution in [0.25, 0.3) is 0 Å². The molecule has 0 aromatic rings. The summed E-state index contributed by atoms with van der Waals surface area (Å²) >= 11 is 0. The van der Waals surface area contributed by atoms with Crippen LogP contribution in [0.4, 0.5) is 0 Å². The molecule has 0 spiro atoms. The first kappa shape index (κ1) is 16.9. The number of hydrogen-bond acceptors (Lipinski definition) is 4. The second-order valence-electron chi connectivity index (χ2n) is 4.21. The maximum absolute atomic E-state index is 12.1. The van der Waals surface area contributed by atoms with Gasteiger partial charge in [-0.15, -0.1) is 0 Å². The lowest BCUT2D eigenvalue weighted by Gasteiger charge is -2.25. The number of aliphatic carboxylic acids is 1. The SMILES string of the molecule is CCCCC(CC(=O)O)C(=O)N(CCO)CCO. The molecular formula is C12H23NO5. The van der Waals surface area contributed by atoms with Gasteiger partial charge in [0.25, 0.3) is 0 Å². The second kappa shape index (κ2) is 9.85. The molecule has 0 heterocycles. The summed E-state index contributed by atoms with van der Waals surface area (Å²) < 4.78 is 0. The van der Waals surface area contributed by atoms with Crippen LogP contribution in [0.3, 0.4) is 0 Å². The van der Waals surface area contributed by atoms with Gasteiger partial charge >= 0.3 is 5.97 Å². The van der Waals surface area contributed by atoms with E-state index in [9.17, 15) is 9.59 Å². The lowest BCUT2D eigenvalue weighted by molar-refractivity contribution is -0.145. The van der Waals surface area contributed by atoms with Crippen molar-refractivity contribution in [3.05, 3.63) is 0 Å². The van der Waals surface area contributed by atoms with E-state index in [0.29, 0.717) is 6.42 Å². The zero-order valence-corrected chi connectivity index (χ0v) is 10.8. The minimum Gasteiger partial charge on any atom is -0.481 e. The number of carbonyl (C=O) groups excluding carboxylic acids is 1. The molecule has 0 aliphatic heterocycles. The Kier molecular flexibility index (Phi) is 9.22. The van der Waals surface area contributed by atoms with Gasteiger partial charge in [-0.2, -0.15) is 0 Å². The number of carboxylic acid groups (broad SMARTS) is 1.